The van der Waals surface area contributed by atoms with Gasteiger partial charge in [0.25, 0.3) is 17.7 Å². The van der Waals surface area contributed by atoms with Crippen molar-refractivity contribution in [1.29, 1.82) is 0 Å². The number of hydrogen-bond acceptors (Lipinski definition) is 7. The van der Waals surface area contributed by atoms with Crippen LogP contribution in [0, 0.1) is 0 Å². The minimum atomic E-state index is -0.530. The van der Waals surface area contributed by atoms with Gasteiger partial charge in [-0.05, 0) is 42.5 Å². The van der Waals surface area contributed by atoms with E-state index in [1.54, 1.807) is 36.4 Å². The van der Waals surface area contributed by atoms with Gasteiger partial charge < -0.3 is 19.2 Å². The van der Waals surface area contributed by atoms with Crippen LogP contribution in [0.3, 0.4) is 0 Å². The van der Waals surface area contributed by atoms with Crippen molar-refractivity contribution >= 4 is 29.4 Å². The molecule has 3 amide bonds. The molecule has 3 aromatic rings. The highest BCUT2D eigenvalue weighted by molar-refractivity contribution is 6.22. The van der Waals surface area contributed by atoms with Crippen molar-refractivity contribution in [1.82, 2.24) is 4.90 Å². The van der Waals surface area contributed by atoms with E-state index in [0.717, 1.165) is 4.90 Å². The molecule has 4 rings (SSSR count). The minimum absolute atomic E-state index is 0.0131. The van der Waals surface area contributed by atoms with Crippen LogP contribution in [0.5, 0.6) is 5.75 Å². The van der Waals surface area contributed by atoms with Crippen molar-refractivity contribution < 1.29 is 33.1 Å². The first-order chi connectivity index (χ1) is 15.5. The fourth-order valence-electron chi connectivity index (χ4n) is 3.20. The zero-order valence-corrected chi connectivity index (χ0v) is 17.0. The third-order valence-electron chi connectivity index (χ3n) is 4.80. The largest absolute Gasteiger partial charge is 0.482 e. The molecule has 9 heteroatoms. The summed E-state index contributed by atoms with van der Waals surface area (Å²) in [6.45, 7) is -0.247. The second-order valence-corrected chi connectivity index (χ2v) is 6.88. The molecule has 1 aliphatic heterocycles. The molecule has 0 atom stereocenters. The fraction of sp³-hybridized carbons (Fsp3) is 0.130. The molecule has 1 aromatic heterocycles. The van der Waals surface area contributed by atoms with Gasteiger partial charge in [0, 0.05) is 17.3 Å². The number of ether oxygens (including phenoxy) is 2. The Hall–Kier alpha value is -4.40. The molecule has 0 saturated heterocycles. The van der Waals surface area contributed by atoms with Crippen molar-refractivity contribution in [3.05, 3.63) is 83.3 Å². The summed E-state index contributed by atoms with van der Waals surface area (Å²) in [5.74, 6) is -1.08. The molecule has 0 radical (unpaired) electrons. The fourth-order valence-corrected chi connectivity index (χ4v) is 3.20. The highest BCUT2D eigenvalue weighted by atomic mass is 16.6. The number of anilines is 1. The topological polar surface area (TPSA) is 115 Å². The van der Waals surface area contributed by atoms with E-state index < -0.39 is 23.7 Å². The van der Waals surface area contributed by atoms with Crippen molar-refractivity contribution in [3.8, 4) is 5.75 Å². The molecule has 0 spiro atoms. The lowest BCUT2D eigenvalue weighted by molar-refractivity contribution is -0.142. The molecule has 0 aliphatic carbocycles. The zero-order chi connectivity index (χ0) is 22.7. The first-order valence-corrected chi connectivity index (χ1v) is 9.60. The molecule has 2 heterocycles. The highest BCUT2D eigenvalue weighted by Crippen LogP contribution is 2.26. The summed E-state index contributed by atoms with van der Waals surface area (Å²) >= 11 is 0. The van der Waals surface area contributed by atoms with Crippen LogP contribution in [0.15, 0.2) is 65.3 Å². The second-order valence-electron chi connectivity index (χ2n) is 6.88. The standard InChI is InChI=1S/C23H18N2O7/c1-30-20(26)13-32-16-5-2-4-15(11-16)24-21(27)14-7-8-18-19(10-14)23(29)25(22(18)28)12-17-6-3-9-31-17/h2-11H,12-13H2,1H3,(H,24,27). The number of furan rings is 1. The Labute approximate surface area is 182 Å². The summed E-state index contributed by atoms with van der Waals surface area (Å²) in [7, 11) is 1.26. The van der Waals surface area contributed by atoms with Crippen LogP contribution >= 0.6 is 0 Å². The van der Waals surface area contributed by atoms with Crippen molar-refractivity contribution in [2.45, 2.75) is 6.54 Å². The van der Waals surface area contributed by atoms with Crippen LogP contribution in [-0.2, 0) is 16.1 Å². The van der Waals surface area contributed by atoms with Gasteiger partial charge in [0.2, 0.25) is 0 Å². The predicted molar refractivity (Wildman–Crippen MR) is 111 cm³/mol. The van der Waals surface area contributed by atoms with E-state index in [4.69, 9.17) is 9.15 Å². The number of carbonyl (C=O) groups excluding carboxylic acids is 4. The average Bonchev–Trinajstić information content (AvgIpc) is 3.40. The number of methoxy groups -OCH3 is 1. The van der Waals surface area contributed by atoms with Gasteiger partial charge in [0.15, 0.2) is 6.61 Å². The molecule has 2 aromatic carbocycles. The van der Waals surface area contributed by atoms with Crippen LogP contribution < -0.4 is 10.1 Å². The summed E-state index contributed by atoms with van der Waals surface area (Å²) in [6, 6.07) is 14.2. The van der Waals surface area contributed by atoms with Gasteiger partial charge in [-0.15, -0.1) is 0 Å². The molecule has 1 N–H and O–H groups in total. The van der Waals surface area contributed by atoms with Gasteiger partial charge in [0.1, 0.15) is 11.5 Å². The van der Waals surface area contributed by atoms with E-state index in [9.17, 15) is 19.2 Å². The Balaban J connectivity index is 1.48. The van der Waals surface area contributed by atoms with Crippen LogP contribution in [0.1, 0.15) is 36.8 Å². The maximum absolute atomic E-state index is 12.7. The normalized spacial score (nSPS) is 12.5. The monoisotopic (exact) mass is 434 g/mol. The Bertz CT molecular complexity index is 1200. The molecular weight excluding hydrogens is 416 g/mol. The molecule has 0 fully saturated rings. The Kier molecular flexibility index (Phi) is 5.71. The number of imide groups is 1. The van der Waals surface area contributed by atoms with Gasteiger partial charge in [-0.25, -0.2) is 4.79 Å². The molecule has 0 unspecified atom stereocenters. The number of benzene rings is 2. The number of nitrogens with zero attached hydrogens (tertiary/aromatic N) is 1. The summed E-state index contributed by atoms with van der Waals surface area (Å²) in [6.07, 6.45) is 1.46. The highest BCUT2D eigenvalue weighted by Gasteiger charge is 2.36. The summed E-state index contributed by atoms with van der Waals surface area (Å²) in [5.41, 5.74) is 1.03. The van der Waals surface area contributed by atoms with Crippen LogP contribution in [-0.4, -0.2) is 42.3 Å². The summed E-state index contributed by atoms with van der Waals surface area (Å²) in [4.78, 5) is 50.3. The van der Waals surface area contributed by atoms with E-state index in [0.29, 0.717) is 17.2 Å². The minimum Gasteiger partial charge on any atom is -0.482 e. The number of rotatable bonds is 7. The molecule has 0 saturated carbocycles. The lowest BCUT2D eigenvalue weighted by Gasteiger charge is -2.11. The van der Waals surface area contributed by atoms with E-state index in [-0.39, 0.29) is 29.8 Å². The molecule has 9 nitrogen and oxygen atoms in total. The summed E-state index contributed by atoms with van der Waals surface area (Å²) < 4.78 is 15.0. The van der Waals surface area contributed by atoms with Crippen LogP contribution in [0.4, 0.5) is 5.69 Å². The second kappa shape index (κ2) is 8.76. The molecular formula is C23H18N2O7. The van der Waals surface area contributed by atoms with Gasteiger partial charge >= 0.3 is 5.97 Å². The van der Waals surface area contributed by atoms with Crippen molar-refractivity contribution in [2.75, 3.05) is 19.0 Å². The third-order valence-corrected chi connectivity index (χ3v) is 4.80. The maximum atomic E-state index is 12.7. The van der Waals surface area contributed by atoms with Crippen LogP contribution in [0.25, 0.3) is 0 Å². The average molecular weight is 434 g/mol. The SMILES string of the molecule is COC(=O)COc1cccc(NC(=O)c2ccc3c(c2)C(=O)N(Cc2ccco2)C3=O)c1. The lowest BCUT2D eigenvalue weighted by Crippen LogP contribution is -2.28. The van der Waals surface area contributed by atoms with E-state index in [1.165, 1.54) is 31.6 Å². The number of amides is 3. The van der Waals surface area contributed by atoms with E-state index >= 15 is 0 Å². The molecule has 162 valence electrons. The van der Waals surface area contributed by atoms with Gasteiger partial charge in [0.05, 0.1) is 31.0 Å². The molecule has 1 aliphatic rings. The Morgan fingerprint density at radius 2 is 1.81 bits per heavy atom. The molecule has 0 bridgehead atoms. The lowest BCUT2D eigenvalue weighted by atomic mass is 10.1. The number of carbonyl (C=O) groups is 4. The smallest absolute Gasteiger partial charge is 0.343 e. The quantitative estimate of drug-likeness (QED) is 0.449. The first kappa shape index (κ1) is 20.9. The zero-order valence-electron chi connectivity index (χ0n) is 17.0. The number of fused-ring (bicyclic) bond motifs is 1. The maximum Gasteiger partial charge on any atom is 0.343 e. The van der Waals surface area contributed by atoms with Crippen molar-refractivity contribution in [2.24, 2.45) is 0 Å². The van der Waals surface area contributed by atoms with Crippen LogP contribution in [0.2, 0.25) is 0 Å². The summed E-state index contributed by atoms with van der Waals surface area (Å²) in [5, 5.41) is 2.71. The van der Waals surface area contributed by atoms with Gasteiger partial charge in [-0.2, -0.15) is 0 Å². The number of nitrogens with one attached hydrogen (secondary N) is 1. The predicted octanol–water partition coefficient (Wildman–Crippen LogP) is 2.88. The molecule has 32 heavy (non-hydrogen) atoms. The third kappa shape index (κ3) is 4.22. The number of hydrogen-bond donors (Lipinski definition) is 1. The van der Waals surface area contributed by atoms with Gasteiger partial charge in [-0.1, -0.05) is 6.07 Å². The van der Waals surface area contributed by atoms with E-state index in [2.05, 4.69) is 10.1 Å². The Morgan fingerprint density at radius 1 is 1.00 bits per heavy atom. The first-order valence-electron chi connectivity index (χ1n) is 9.60. The van der Waals surface area contributed by atoms with Gasteiger partial charge in [-0.3, -0.25) is 19.3 Å². The Morgan fingerprint density at radius 3 is 2.56 bits per heavy atom. The van der Waals surface area contributed by atoms with Crippen molar-refractivity contribution in [3.63, 3.8) is 0 Å². The number of esters is 1. The van der Waals surface area contributed by atoms with E-state index in [1.807, 2.05) is 0 Å².